The van der Waals surface area contributed by atoms with Crippen LogP contribution in [0.4, 0.5) is 11.5 Å². The van der Waals surface area contributed by atoms with E-state index in [1.807, 2.05) is 0 Å². The van der Waals surface area contributed by atoms with Gasteiger partial charge in [0.05, 0.1) is 31.6 Å². The molecular weight excluding hydrogens is 358 g/mol. The van der Waals surface area contributed by atoms with Crippen LogP contribution in [0.25, 0.3) is 0 Å². The summed E-state index contributed by atoms with van der Waals surface area (Å²) in [4.78, 5) is 16.1. The van der Waals surface area contributed by atoms with Crippen LogP contribution in [0.5, 0.6) is 0 Å². The first-order valence-corrected chi connectivity index (χ1v) is 9.44. The smallest absolute Gasteiger partial charge is 0.339 e. The van der Waals surface area contributed by atoms with E-state index in [0.717, 1.165) is 0 Å². The lowest BCUT2D eigenvalue weighted by Crippen LogP contribution is -2.40. The Morgan fingerprint density at radius 3 is 2.58 bits per heavy atom. The molecule has 0 aliphatic carbocycles. The minimum absolute atomic E-state index is 0.117. The van der Waals surface area contributed by atoms with E-state index in [1.54, 1.807) is 30.3 Å². The van der Waals surface area contributed by atoms with Gasteiger partial charge in [0.2, 0.25) is 10.0 Å². The second-order valence-electron chi connectivity index (χ2n) is 5.56. The predicted octanol–water partition coefficient (Wildman–Crippen LogP) is 1.63. The molecule has 0 radical (unpaired) electrons. The number of anilines is 2. The largest absolute Gasteiger partial charge is 0.465 e. The normalized spacial score (nSPS) is 15.4. The number of pyridine rings is 1. The molecule has 138 valence electrons. The fraction of sp³-hybridized carbons (Fsp3) is 0.294. The standard InChI is InChI=1S/C17H19N3O5S/c1-24-17(21)14-4-2-3-5-15(14)19-16-7-6-13(12-18-16)26(22,23)20-8-10-25-11-9-20/h2-7,12H,8-11H2,1H3,(H,18,19). The first-order valence-electron chi connectivity index (χ1n) is 8.00. The number of rotatable bonds is 5. The molecule has 1 aliphatic rings. The Labute approximate surface area is 151 Å². The van der Waals surface area contributed by atoms with E-state index in [-0.39, 0.29) is 4.90 Å². The van der Waals surface area contributed by atoms with Crippen molar-refractivity contribution in [1.82, 2.24) is 9.29 Å². The number of methoxy groups -OCH3 is 1. The highest BCUT2D eigenvalue weighted by Gasteiger charge is 2.26. The maximum Gasteiger partial charge on any atom is 0.339 e. The summed E-state index contributed by atoms with van der Waals surface area (Å²) in [6.45, 7) is 1.43. The summed E-state index contributed by atoms with van der Waals surface area (Å²) in [6.07, 6.45) is 1.30. The van der Waals surface area contributed by atoms with Crippen LogP contribution in [0.15, 0.2) is 47.5 Å². The third kappa shape index (κ3) is 3.85. The highest BCUT2D eigenvalue weighted by atomic mass is 32.2. The van der Waals surface area contributed by atoms with E-state index in [4.69, 9.17) is 9.47 Å². The molecule has 1 aromatic carbocycles. The lowest BCUT2D eigenvalue weighted by atomic mass is 10.2. The Bertz CT molecular complexity index is 878. The number of carbonyl (C=O) groups is 1. The summed E-state index contributed by atoms with van der Waals surface area (Å²) < 4.78 is 36.5. The van der Waals surface area contributed by atoms with Crippen LogP contribution in [0, 0.1) is 0 Å². The number of hydrogen-bond acceptors (Lipinski definition) is 7. The Hall–Kier alpha value is -2.49. The molecule has 2 heterocycles. The maximum atomic E-state index is 12.6. The van der Waals surface area contributed by atoms with Crippen molar-refractivity contribution in [1.29, 1.82) is 0 Å². The molecule has 2 aromatic rings. The number of carbonyl (C=O) groups excluding carboxylic acids is 1. The quantitative estimate of drug-likeness (QED) is 0.791. The molecule has 0 spiro atoms. The number of nitrogens with one attached hydrogen (secondary N) is 1. The zero-order chi connectivity index (χ0) is 18.6. The molecule has 0 saturated carbocycles. The molecule has 1 saturated heterocycles. The molecular formula is C17H19N3O5S. The van der Waals surface area contributed by atoms with Crippen molar-refractivity contribution in [3.05, 3.63) is 48.2 Å². The van der Waals surface area contributed by atoms with Crippen molar-refractivity contribution in [2.75, 3.05) is 38.7 Å². The Morgan fingerprint density at radius 1 is 1.19 bits per heavy atom. The Morgan fingerprint density at radius 2 is 1.92 bits per heavy atom. The molecule has 26 heavy (non-hydrogen) atoms. The van der Waals surface area contributed by atoms with Gasteiger partial charge in [0.15, 0.2) is 0 Å². The second-order valence-corrected chi connectivity index (χ2v) is 7.50. The highest BCUT2D eigenvalue weighted by Crippen LogP contribution is 2.22. The van der Waals surface area contributed by atoms with Crippen molar-refractivity contribution < 1.29 is 22.7 Å². The number of morpholine rings is 1. The summed E-state index contributed by atoms with van der Waals surface area (Å²) in [7, 11) is -2.28. The SMILES string of the molecule is COC(=O)c1ccccc1Nc1ccc(S(=O)(=O)N2CCOCC2)cn1. The van der Waals surface area contributed by atoms with Gasteiger partial charge in [-0.25, -0.2) is 18.2 Å². The third-order valence-electron chi connectivity index (χ3n) is 3.94. The number of para-hydroxylation sites is 1. The number of hydrogen-bond donors (Lipinski definition) is 1. The van der Waals surface area contributed by atoms with Gasteiger partial charge in [-0.2, -0.15) is 4.31 Å². The number of benzene rings is 1. The van der Waals surface area contributed by atoms with Gasteiger partial charge in [-0.05, 0) is 24.3 Å². The summed E-state index contributed by atoms with van der Waals surface area (Å²) in [5, 5.41) is 3.01. The van der Waals surface area contributed by atoms with E-state index in [1.165, 1.54) is 23.7 Å². The zero-order valence-electron chi connectivity index (χ0n) is 14.2. The lowest BCUT2D eigenvalue weighted by molar-refractivity contribution is 0.0602. The molecule has 0 atom stereocenters. The van der Waals surface area contributed by atoms with Crippen molar-refractivity contribution >= 4 is 27.5 Å². The van der Waals surface area contributed by atoms with Crippen molar-refractivity contribution in [2.45, 2.75) is 4.90 Å². The number of ether oxygens (including phenoxy) is 2. The topological polar surface area (TPSA) is 97.8 Å². The van der Waals surface area contributed by atoms with Gasteiger partial charge in [-0.1, -0.05) is 12.1 Å². The van der Waals surface area contributed by atoms with Gasteiger partial charge in [0, 0.05) is 19.3 Å². The molecule has 1 aromatic heterocycles. The number of sulfonamides is 1. The zero-order valence-corrected chi connectivity index (χ0v) is 15.0. The average molecular weight is 377 g/mol. The van der Waals surface area contributed by atoms with Crippen LogP contribution in [0.3, 0.4) is 0 Å². The maximum absolute atomic E-state index is 12.6. The van der Waals surface area contributed by atoms with Crippen molar-refractivity contribution in [2.24, 2.45) is 0 Å². The molecule has 9 heteroatoms. The van der Waals surface area contributed by atoms with Gasteiger partial charge in [0.25, 0.3) is 0 Å². The minimum atomic E-state index is -3.59. The lowest BCUT2D eigenvalue weighted by Gasteiger charge is -2.25. The number of aromatic nitrogens is 1. The summed E-state index contributed by atoms with van der Waals surface area (Å²) in [5.41, 5.74) is 0.887. The fourth-order valence-electron chi connectivity index (χ4n) is 2.56. The minimum Gasteiger partial charge on any atom is -0.465 e. The molecule has 8 nitrogen and oxygen atoms in total. The van der Waals surface area contributed by atoms with Crippen molar-refractivity contribution in [3.63, 3.8) is 0 Å². The van der Waals surface area contributed by atoms with Crippen molar-refractivity contribution in [3.8, 4) is 0 Å². The average Bonchev–Trinajstić information content (AvgIpc) is 2.69. The first-order chi connectivity index (χ1) is 12.5. The van der Waals surface area contributed by atoms with Gasteiger partial charge in [-0.3, -0.25) is 0 Å². The molecule has 1 fully saturated rings. The van der Waals surface area contributed by atoms with Crippen LogP contribution >= 0.6 is 0 Å². The van der Waals surface area contributed by atoms with E-state index in [2.05, 4.69) is 10.3 Å². The first kappa shape index (κ1) is 18.3. The van der Waals surface area contributed by atoms with Crippen LogP contribution in [0.1, 0.15) is 10.4 Å². The van der Waals surface area contributed by atoms with Gasteiger partial charge in [0.1, 0.15) is 10.7 Å². The van der Waals surface area contributed by atoms with E-state index in [9.17, 15) is 13.2 Å². The van der Waals surface area contributed by atoms with Gasteiger partial charge < -0.3 is 14.8 Å². The monoisotopic (exact) mass is 377 g/mol. The summed E-state index contributed by atoms with van der Waals surface area (Å²) >= 11 is 0. The second kappa shape index (κ2) is 7.81. The Kier molecular flexibility index (Phi) is 5.50. The molecule has 1 N–H and O–H groups in total. The van der Waals surface area contributed by atoms with E-state index < -0.39 is 16.0 Å². The van der Waals surface area contributed by atoms with Gasteiger partial charge >= 0.3 is 5.97 Å². The fourth-order valence-corrected chi connectivity index (χ4v) is 3.91. The van der Waals surface area contributed by atoms with Crippen LogP contribution in [0.2, 0.25) is 0 Å². The number of nitrogens with zero attached hydrogens (tertiary/aromatic N) is 2. The van der Waals surface area contributed by atoms with E-state index in [0.29, 0.717) is 43.4 Å². The molecule has 0 unspecified atom stereocenters. The summed E-state index contributed by atoms with van der Waals surface area (Å²) in [5.74, 6) is -0.0538. The molecule has 0 amide bonds. The molecule has 1 aliphatic heterocycles. The summed E-state index contributed by atoms with van der Waals surface area (Å²) in [6, 6.07) is 9.88. The van der Waals surface area contributed by atoms with Crippen LogP contribution in [-0.2, 0) is 19.5 Å². The van der Waals surface area contributed by atoms with Gasteiger partial charge in [-0.15, -0.1) is 0 Å². The van der Waals surface area contributed by atoms with Crippen LogP contribution in [-0.4, -0.2) is 57.1 Å². The predicted molar refractivity (Wildman–Crippen MR) is 94.9 cm³/mol. The Balaban J connectivity index is 1.79. The van der Waals surface area contributed by atoms with E-state index >= 15 is 0 Å². The van der Waals surface area contributed by atoms with Crippen LogP contribution < -0.4 is 5.32 Å². The number of esters is 1. The molecule has 0 bridgehead atoms. The molecule has 3 rings (SSSR count). The third-order valence-corrected chi connectivity index (χ3v) is 5.82. The highest BCUT2D eigenvalue weighted by molar-refractivity contribution is 7.89.